The van der Waals surface area contributed by atoms with Crippen LogP contribution >= 0.6 is 0 Å². The van der Waals surface area contributed by atoms with Crippen LogP contribution in [0, 0.1) is 0 Å². The van der Waals surface area contributed by atoms with Gasteiger partial charge in [-0.2, -0.15) is 0 Å². The number of hydrogen-bond donors (Lipinski definition) is 2. The van der Waals surface area contributed by atoms with Gasteiger partial charge in [-0.3, -0.25) is 0 Å². The lowest BCUT2D eigenvalue weighted by Gasteiger charge is -2.07. The van der Waals surface area contributed by atoms with Gasteiger partial charge in [-0.05, 0) is 11.4 Å². The Labute approximate surface area is 39.9 Å². The molecule has 2 nitrogen and oxygen atoms in total. The predicted octanol–water partition coefficient (Wildman–Crippen LogP) is -1.79. The van der Waals surface area contributed by atoms with Crippen molar-refractivity contribution in [2.45, 2.75) is 11.4 Å². The van der Waals surface area contributed by atoms with Gasteiger partial charge in [0.25, 0.3) is 16.3 Å². The van der Waals surface area contributed by atoms with E-state index in [0.29, 0.717) is 0 Å². The van der Waals surface area contributed by atoms with Crippen molar-refractivity contribution in [3.05, 3.63) is 0 Å². The first-order chi connectivity index (χ1) is 2.00. The van der Waals surface area contributed by atoms with Crippen molar-refractivity contribution in [1.82, 2.24) is 0 Å². The van der Waals surface area contributed by atoms with Crippen molar-refractivity contribution in [2.75, 3.05) is 0 Å². The zero-order valence-corrected chi connectivity index (χ0v) is 5.65. The van der Waals surface area contributed by atoms with E-state index in [2.05, 4.69) is 0 Å². The fraction of sp³-hybridized carbons (Fsp3) is 1.00. The SMILES string of the molecule is C[C](N)(N)[AlH2]. The summed E-state index contributed by atoms with van der Waals surface area (Å²) < 4.78 is -0.361. The molecule has 0 heterocycles. The maximum Gasteiger partial charge on any atom is 0.266 e. The van der Waals surface area contributed by atoms with Crippen LogP contribution in [0.25, 0.3) is 0 Å². The van der Waals surface area contributed by atoms with Crippen LogP contribution in [0.3, 0.4) is 0 Å². The molecular weight excluding hydrogens is 79.0 g/mol. The molecule has 5 heavy (non-hydrogen) atoms. The second-order valence-corrected chi connectivity index (χ2v) is 3.98. The van der Waals surface area contributed by atoms with E-state index in [0.717, 1.165) is 16.3 Å². The lowest BCUT2D eigenvalue weighted by molar-refractivity contribution is 0.700. The molecule has 0 atom stereocenters. The van der Waals surface area contributed by atoms with Crippen LogP contribution in [-0.4, -0.2) is 20.8 Å². The smallest absolute Gasteiger partial charge is 0.266 e. The van der Waals surface area contributed by atoms with Gasteiger partial charge in [-0.15, -0.1) is 0 Å². The van der Waals surface area contributed by atoms with Gasteiger partial charge in [0.2, 0.25) is 0 Å². The molecule has 4 N–H and O–H groups in total. The number of rotatable bonds is 0. The Morgan fingerprint density at radius 3 is 1.60 bits per heavy atom. The molecule has 0 aromatic carbocycles. The summed E-state index contributed by atoms with van der Waals surface area (Å²) in [5.74, 6) is 0. The molecule has 0 aliphatic rings. The molecule has 0 fully saturated rings. The minimum absolute atomic E-state index is 0.361. The molecule has 0 aromatic heterocycles. The third kappa shape index (κ3) is 131. The van der Waals surface area contributed by atoms with E-state index in [4.69, 9.17) is 11.5 Å². The van der Waals surface area contributed by atoms with Gasteiger partial charge in [0.05, 0.1) is 0 Å². The lowest BCUT2D eigenvalue weighted by atomic mass is 10.6. The van der Waals surface area contributed by atoms with Crippen molar-refractivity contribution in [3.63, 3.8) is 0 Å². The van der Waals surface area contributed by atoms with Crippen molar-refractivity contribution in [3.8, 4) is 0 Å². The highest BCUT2D eigenvalue weighted by Crippen LogP contribution is 1.68. The molecule has 3 heteroatoms. The topological polar surface area (TPSA) is 52.0 Å². The van der Waals surface area contributed by atoms with Gasteiger partial charge < -0.3 is 11.5 Å². The van der Waals surface area contributed by atoms with Crippen LogP contribution in [-0.2, 0) is 0 Å². The molecule has 0 amide bonds. The second-order valence-electron chi connectivity index (χ2n) is 1.82. The highest BCUT2D eigenvalue weighted by Gasteiger charge is 1.96. The van der Waals surface area contributed by atoms with Crippen LogP contribution < -0.4 is 11.5 Å². The van der Waals surface area contributed by atoms with E-state index in [-0.39, 0.29) is 4.52 Å². The first kappa shape index (κ1) is 5.45. The monoisotopic (exact) mass is 88.1 g/mol. The molecule has 0 aliphatic carbocycles. The van der Waals surface area contributed by atoms with E-state index in [1.165, 1.54) is 0 Å². The van der Waals surface area contributed by atoms with Gasteiger partial charge in [0.15, 0.2) is 0 Å². The van der Waals surface area contributed by atoms with Crippen molar-refractivity contribution in [2.24, 2.45) is 11.5 Å². The van der Waals surface area contributed by atoms with E-state index in [1.807, 2.05) is 0 Å². The van der Waals surface area contributed by atoms with E-state index >= 15 is 0 Å². The highest BCUT2D eigenvalue weighted by molar-refractivity contribution is 6.14. The lowest BCUT2D eigenvalue weighted by Crippen LogP contribution is -2.46. The maximum atomic E-state index is 5.19. The normalized spacial score (nSPS) is 11.8. The van der Waals surface area contributed by atoms with Gasteiger partial charge in [-0.25, -0.2) is 0 Å². The molecule has 0 spiro atoms. The molecule has 0 unspecified atom stereocenters. The van der Waals surface area contributed by atoms with Gasteiger partial charge in [0, 0.05) is 0 Å². The molecule has 0 rings (SSSR count). The minimum atomic E-state index is -0.361. The quantitative estimate of drug-likeness (QED) is 0.271. The Morgan fingerprint density at radius 2 is 1.60 bits per heavy atom. The number of nitrogens with two attached hydrogens (primary N) is 2. The van der Waals surface area contributed by atoms with Crippen molar-refractivity contribution >= 4 is 16.3 Å². The first-order valence-corrected chi connectivity index (χ1v) is 2.58. The highest BCUT2D eigenvalue weighted by atomic mass is 27.0. The van der Waals surface area contributed by atoms with Crippen LogP contribution in [0.15, 0.2) is 0 Å². The zero-order valence-electron chi connectivity index (χ0n) is 3.65. The summed E-state index contributed by atoms with van der Waals surface area (Å²) in [5.41, 5.74) is 10.4. The fourth-order valence-electron chi connectivity index (χ4n) is 0. The van der Waals surface area contributed by atoms with E-state index in [1.54, 1.807) is 6.92 Å². The average Bonchev–Trinajstić information content (AvgIpc) is 0.722. The first-order valence-electron chi connectivity index (χ1n) is 1.58. The summed E-state index contributed by atoms with van der Waals surface area (Å²) >= 11 is 0.863. The van der Waals surface area contributed by atoms with Crippen LogP contribution in [0.1, 0.15) is 6.92 Å². The van der Waals surface area contributed by atoms with Gasteiger partial charge >= 0.3 is 0 Å². The van der Waals surface area contributed by atoms with Crippen molar-refractivity contribution < 1.29 is 0 Å². The Hall–Kier alpha value is 0.452. The standard InChI is InChI=1S/C2H7N2.Al.2H/c1-2(3)4;;;/h3-4H2,1H3;;;. The summed E-state index contributed by atoms with van der Waals surface area (Å²) in [6, 6.07) is 0. The summed E-state index contributed by atoms with van der Waals surface area (Å²) in [4.78, 5) is 0. The third-order valence-electron chi connectivity index (χ3n) is 0. The van der Waals surface area contributed by atoms with Crippen LogP contribution in [0.5, 0.6) is 0 Å². The Morgan fingerprint density at radius 1 is 1.60 bits per heavy atom. The molecule has 30 valence electrons. The molecule has 0 bridgehead atoms. The van der Waals surface area contributed by atoms with Gasteiger partial charge in [-0.1, -0.05) is 0 Å². The molecular formula is C2H9AlN2. The second kappa shape index (κ2) is 1.27. The van der Waals surface area contributed by atoms with Crippen LogP contribution in [0.4, 0.5) is 0 Å². The largest absolute Gasteiger partial charge is 0.327 e. The Balaban J connectivity index is 3.02. The molecule has 0 radical (unpaired) electrons. The minimum Gasteiger partial charge on any atom is -0.327 e. The van der Waals surface area contributed by atoms with E-state index in [9.17, 15) is 0 Å². The molecule has 0 aromatic rings. The number of hydrogen-bond acceptors (Lipinski definition) is 2. The summed E-state index contributed by atoms with van der Waals surface area (Å²) in [5, 5.41) is 0. The summed E-state index contributed by atoms with van der Waals surface area (Å²) in [7, 11) is 0. The Bertz CT molecular complexity index is 23.1. The fourth-order valence-corrected chi connectivity index (χ4v) is 0. The molecule has 0 saturated heterocycles. The van der Waals surface area contributed by atoms with E-state index < -0.39 is 0 Å². The predicted molar refractivity (Wildman–Crippen MR) is 25.3 cm³/mol. The molecule has 0 saturated carbocycles. The van der Waals surface area contributed by atoms with Crippen LogP contribution in [0.2, 0.25) is 0 Å². The Kier molecular flexibility index (Phi) is 1.39. The molecule has 0 aliphatic heterocycles. The van der Waals surface area contributed by atoms with Gasteiger partial charge in [0.1, 0.15) is 0 Å². The zero-order chi connectivity index (χ0) is 4.50. The summed E-state index contributed by atoms with van der Waals surface area (Å²) in [6.45, 7) is 1.80. The average molecular weight is 88.1 g/mol. The third-order valence-corrected chi connectivity index (χ3v) is 0. The van der Waals surface area contributed by atoms with Crippen molar-refractivity contribution in [1.29, 1.82) is 0 Å². The summed E-state index contributed by atoms with van der Waals surface area (Å²) in [6.07, 6.45) is 0. The maximum absolute atomic E-state index is 5.19.